The van der Waals surface area contributed by atoms with Gasteiger partial charge in [0, 0.05) is 12.1 Å². The van der Waals surface area contributed by atoms with Crippen molar-refractivity contribution in [2.24, 2.45) is 0 Å². The number of carboxylic acid groups (broad SMARTS) is 1. The molecule has 0 aromatic carbocycles. The molecular formula is C9H10N2O4. The van der Waals surface area contributed by atoms with E-state index in [9.17, 15) is 9.59 Å². The second-order valence-electron chi connectivity index (χ2n) is 2.78. The van der Waals surface area contributed by atoms with Crippen molar-refractivity contribution in [2.75, 3.05) is 7.11 Å². The molecule has 0 aliphatic heterocycles. The van der Waals surface area contributed by atoms with E-state index in [0.717, 1.165) is 4.68 Å². The Hall–Kier alpha value is -2.11. The van der Waals surface area contributed by atoms with Crippen molar-refractivity contribution in [2.45, 2.75) is 6.54 Å². The van der Waals surface area contributed by atoms with E-state index in [4.69, 9.17) is 9.84 Å². The normalized spacial score (nSPS) is 9.67. The zero-order chi connectivity index (χ0) is 11.4. The minimum absolute atomic E-state index is 0.113. The number of hydrogen-bond donors (Lipinski definition) is 1. The number of aromatic nitrogens is 2. The van der Waals surface area contributed by atoms with Crippen LogP contribution in [-0.2, 0) is 11.3 Å². The fourth-order valence-electron chi connectivity index (χ4n) is 0.901. The van der Waals surface area contributed by atoms with E-state index in [1.54, 1.807) is 0 Å². The molecule has 0 fully saturated rings. The fraction of sp³-hybridized carbons (Fsp3) is 0.222. The van der Waals surface area contributed by atoms with Gasteiger partial charge in [0.05, 0.1) is 19.2 Å². The van der Waals surface area contributed by atoms with Gasteiger partial charge in [-0.1, -0.05) is 6.58 Å². The molecule has 80 valence electrons. The third kappa shape index (κ3) is 2.67. The molecule has 0 unspecified atom stereocenters. The van der Waals surface area contributed by atoms with E-state index in [0.29, 0.717) is 0 Å². The monoisotopic (exact) mass is 210 g/mol. The molecule has 0 atom stereocenters. The number of ether oxygens (including phenoxy) is 1. The molecule has 0 saturated heterocycles. The van der Waals surface area contributed by atoms with Crippen molar-refractivity contribution in [3.05, 3.63) is 34.6 Å². The van der Waals surface area contributed by atoms with Crippen molar-refractivity contribution in [3.8, 4) is 5.88 Å². The predicted molar refractivity (Wildman–Crippen MR) is 51.8 cm³/mol. The third-order valence-corrected chi connectivity index (χ3v) is 1.69. The highest BCUT2D eigenvalue weighted by Crippen LogP contribution is 2.01. The molecule has 0 saturated carbocycles. The van der Waals surface area contributed by atoms with E-state index >= 15 is 0 Å². The van der Waals surface area contributed by atoms with Crippen LogP contribution in [0.2, 0.25) is 0 Å². The van der Waals surface area contributed by atoms with Crippen LogP contribution in [0.15, 0.2) is 29.1 Å². The zero-order valence-corrected chi connectivity index (χ0v) is 8.14. The molecule has 15 heavy (non-hydrogen) atoms. The quantitative estimate of drug-likeness (QED) is 0.701. The average molecular weight is 210 g/mol. The number of carboxylic acids is 1. The van der Waals surface area contributed by atoms with Gasteiger partial charge in [0.15, 0.2) is 0 Å². The summed E-state index contributed by atoms with van der Waals surface area (Å²) >= 11 is 0. The third-order valence-electron chi connectivity index (χ3n) is 1.69. The Morgan fingerprint density at radius 1 is 1.67 bits per heavy atom. The zero-order valence-electron chi connectivity index (χ0n) is 8.14. The summed E-state index contributed by atoms with van der Waals surface area (Å²) in [6.45, 7) is 3.14. The first-order valence-corrected chi connectivity index (χ1v) is 4.08. The highest BCUT2D eigenvalue weighted by Gasteiger charge is 2.07. The Balaban J connectivity index is 2.98. The fourth-order valence-corrected chi connectivity index (χ4v) is 0.901. The van der Waals surface area contributed by atoms with Gasteiger partial charge in [0.25, 0.3) is 5.56 Å². The molecule has 1 N–H and O–H groups in total. The number of methoxy groups -OCH3 is 1. The number of rotatable bonds is 4. The van der Waals surface area contributed by atoms with Crippen molar-refractivity contribution in [3.63, 3.8) is 0 Å². The van der Waals surface area contributed by atoms with Gasteiger partial charge in [-0.15, -0.1) is 5.10 Å². The maximum absolute atomic E-state index is 11.3. The molecule has 1 rings (SSSR count). The Kier molecular flexibility index (Phi) is 3.22. The number of aliphatic carboxylic acids is 1. The number of nitrogens with zero attached hydrogens (tertiary/aromatic N) is 2. The van der Waals surface area contributed by atoms with Gasteiger partial charge in [0.2, 0.25) is 5.88 Å². The maximum atomic E-state index is 11.3. The summed E-state index contributed by atoms with van der Waals surface area (Å²) in [5.74, 6) is -0.917. The van der Waals surface area contributed by atoms with Crippen LogP contribution in [0.25, 0.3) is 0 Å². The molecule has 1 aromatic heterocycles. The summed E-state index contributed by atoms with van der Waals surface area (Å²) in [6, 6.07) is 2.66. The lowest BCUT2D eigenvalue weighted by Gasteiger charge is -2.05. The van der Waals surface area contributed by atoms with Gasteiger partial charge in [-0.05, 0) is 0 Å². The number of carbonyl (C=O) groups is 1. The lowest BCUT2D eigenvalue weighted by molar-refractivity contribution is -0.132. The van der Waals surface area contributed by atoms with Crippen LogP contribution in [0.1, 0.15) is 0 Å². The molecule has 1 aromatic rings. The Bertz CT molecular complexity index is 450. The highest BCUT2D eigenvalue weighted by atomic mass is 16.5. The Morgan fingerprint density at radius 3 is 2.87 bits per heavy atom. The SMILES string of the molecule is C=C(Cn1nc(OC)ccc1=O)C(=O)O. The van der Waals surface area contributed by atoms with E-state index in [1.807, 2.05) is 0 Å². The standard InChI is InChI=1S/C9H10N2O4/c1-6(9(13)14)5-11-8(12)4-3-7(10-11)15-2/h3-4H,1,5H2,2H3,(H,13,14). The smallest absolute Gasteiger partial charge is 0.332 e. The van der Waals surface area contributed by atoms with Crippen molar-refractivity contribution in [1.82, 2.24) is 9.78 Å². The molecule has 6 heteroatoms. The minimum atomic E-state index is -1.16. The van der Waals surface area contributed by atoms with Crippen LogP contribution >= 0.6 is 0 Å². The Morgan fingerprint density at radius 2 is 2.33 bits per heavy atom. The molecule has 0 radical (unpaired) electrons. The summed E-state index contributed by atoms with van der Waals surface area (Å²) in [4.78, 5) is 21.8. The van der Waals surface area contributed by atoms with Crippen LogP contribution in [0.5, 0.6) is 5.88 Å². The maximum Gasteiger partial charge on any atom is 0.332 e. The van der Waals surface area contributed by atoms with E-state index < -0.39 is 11.5 Å². The average Bonchev–Trinajstić information content (AvgIpc) is 2.21. The molecule has 0 amide bonds. The predicted octanol–water partition coefficient (Wildman–Crippen LogP) is -0.107. The summed E-state index contributed by atoms with van der Waals surface area (Å²) < 4.78 is 5.79. The molecule has 6 nitrogen and oxygen atoms in total. The molecule has 0 spiro atoms. The second-order valence-corrected chi connectivity index (χ2v) is 2.78. The van der Waals surface area contributed by atoms with Crippen molar-refractivity contribution < 1.29 is 14.6 Å². The molecule has 0 bridgehead atoms. The minimum Gasteiger partial charge on any atom is -0.480 e. The largest absolute Gasteiger partial charge is 0.480 e. The highest BCUT2D eigenvalue weighted by molar-refractivity contribution is 5.85. The Labute approximate surface area is 85.4 Å². The number of hydrogen-bond acceptors (Lipinski definition) is 4. The van der Waals surface area contributed by atoms with Gasteiger partial charge in [-0.25, -0.2) is 9.48 Å². The van der Waals surface area contributed by atoms with Crippen LogP contribution in [0.4, 0.5) is 0 Å². The van der Waals surface area contributed by atoms with Crippen LogP contribution < -0.4 is 10.3 Å². The van der Waals surface area contributed by atoms with Gasteiger partial charge in [0.1, 0.15) is 0 Å². The van der Waals surface area contributed by atoms with Crippen LogP contribution in [0, 0.1) is 0 Å². The lowest BCUT2D eigenvalue weighted by atomic mass is 10.3. The van der Waals surface area contributed by atoms with E-state index in [2.05, 4.69) is 11.7 Å². The first-order chi connectivity index (χ1) is 7.04. The molecule has 1 heterocycles. The topological polar surface area (TPSA) is 81.4 Å². The first-order valence-electron chi connectivity index (χ1n) is 4.08. The molecule has 0 aliphatic carbocycles. The van der Waals surface area contributed by atoms with Gasteiger partial charge in [-0.3, -0.25) is 4.79 Å². The summed E-state index contributed by atoms with van der Waals surface area (Å²) in [6.07, 6.45) is 0. The summed E-state index contributed by atoms with van der Waals surface area (Å²) in [5, 5.41) is 12.4. The molecular weight excluding hydrogens is 200 g/mol. The van der Waals surface area contributed by atoms with Crippen molar-refractivity contribution >= 4 is 5.97 Å². The van der Waals surface area contributed by atoms with E-state index in [1.165, 1.54) is 19.2 Å². The summed E-state index contributed by atoms with van der Waals surface area (Å²) in [5.41, 5.74) is -0.518. The second kappa shape index (κ2) is 4.41. The van der Waals surface area contributed by atoms with Crippen LogP contribution in [-0.4, -0.2) is 28.0 Å². The van der Waals surface area contributed by atoms with Crippen LogP contribution in [0.3, 0.4) is 0 Å². The van der Waals surface area contributed by atoms with Crippen molar-refractivity contribution in [1.29, 1.82) is 0 Å². The van der Waals surface area contributed by atoms with E-state index in [-0.39, 0.29) is 18.0 Å². The van der Waals surface area contributed by atoms with Gasteiger partial charge >= 0.3 is 5.97 Å². The van der Waals surface area contributed by atoms with Gasteiger partial charge < -0.3 is 9.84 Å². The first kappa shape index (κ1) is 11.0. The lowest BCUT2D eigenvalue weighted by Crippen LogP contribution is -2.24. The molecule has 0 aliphatic rings. The van der Waals surface area contributed by atoms with Gasteiger partial charge in [-0.2, -0.15) is 0 Å². The summed E-state index contributed by atoms with van der Waals surface area (Å²) in [7, 11) is 1.41.